The van der Waals surface area contributed by atoms with Crippen LogP contribution in [0.25, 0.3) is 5.65 Å². The van der Waals surface area contributed by atoms with Crippen LogP contribution in [0.3, 0.4) is 0 Å². The Morgan fingerprint density at radius 3 is 3.28 bits per heavy atom. The lowest BCUT2D eigenvalue weighted by molar-refractivity contribution is 0.117. The van der Waals surface area contributed by atoms with Crippen LogP contribution in [0.2, 0.25) is 0 Å². The molecule has 2 aromatic rings. The number of nitrogens with zero attached hydrogens (tertiary/aromatic N) is 6. The van der Waals surface area contributed by atoms with Gasteiger partial charge < -0.3 is 9.64 Å². The molecule has 0 spiro atoms. The Morgan fingerprint density at radius 1 is 1.44 bits per heavy atom. The van der Waals surface area contributed by atoms with Crippen molar-refractivity contribution in [2.24, 2.45) is 5.92 Å². The number of aromatic nitrogens is 5. The molecule has 1 unspecified atom stereocenters. The first-order valence-electron chi connectivity index (χ1n) is 6.25. The molecule has 1 atom stereocenters. The summed E-state index contributed by atoms with van der Waals surface area (Å²) in [7, 11) is 0. The van der Waals surface area contributed by atoms with Crippen LogP contribution in [0.5, 0.6) is 0 Å². The molecule has 7 heteroatoms. The topological polar surface area (TPSA) is 68.4 Å². The van der Waals surface area contributed by atoms with Gasteiger partial charge in [0.25, 0.3) is 0 Å². The van der Waals surface area contributed by atoms with Crippen LogP contribution >= 0.6 is 0 Å². The first kappa shape index (κ1) is 11.3. The van der Waals surface area contributed by atoms with Crippen molar-refractivity contribution in [2.75, 3.05) is 31.2 Å². The molecule has 0 N–H and O–H groups in total. The predicted octanol–water partition coefficient (Wildman–Crippen LogP) is 0.382. The zero-order valence-corrected chi connectivity index (χ0v) is 10.4. The average Bonchev–Trinajstić information content (AvgIpc) is 3.04. The Morgan fingerprint density at radius 2 is 2.39 bits per heavy atom. The van der Waals surface area contributed by atoms with Gasteiger partial charge in [-0.1, -0.05) is 0 Å². The molecular weight excluding hydrogens is 232 g/mol. The second kappa shape index (κ2) is 4.85. The molecule has 3 rings (SSSR count). The Hall–Kier alpha value is -1.76. The van der Waals surface area contributed by atoms with E-state index in [0.717, 1.165) is 38.5 Å². The van der Waals surface area contributed by atoms with Crippen LogP contribution in [-0.2, 0) is 4.74 Å². The van der Waals surface area contributed by atoms with Crippen LogP contribution in [0.1, 0.15) is 13.3 Å². The molecule has 0 saturated carbocycles. The number of rotatable bonds is 4. The van der Waals surface area contributed by atoms with E-state index in [1.165, 1.54) is 4.63 Å². The van der Waals surface area contributed by atoms with E-state index in [4.69, 9.17) is 4.74 Å². The maximum atomic E-state index is 5.47. The van der Waals surface area contributed by atoms with Crippen molar-refractivity contribution in [1.82, 2.24) is 25.3 Å². The molecule has 1 aliphatic heterocycles. The largest absolute Gasteiger partial charge is 0.381 e. The number of hydrogen-bond donors (Lipinski definition) is 0. The van der Waals surface area contributed by atoms with E-state index in [-0.39, 0.29) is 0 Å². The minimum atomic E-state index is 0.594. The molecule has 2 aromatic heterocycles. The molecule has 0 radical (unpaired) electrons. The number of ether oxygens (including phenoxy) is 1. The highest BCUT2D eigenvalue weighted by atomic mass is 16.5. The lowest BCUT2D eigenvalue weighted by atomic mass is 10.1. The summed E-state index contributed by atoms with van der Waals surface area (Å²) >= 11 is 0. The molecule has 0 aromatic carbocycles. The van der Waals surface area contributed by atoms with Crippen molar-refractivity contribution in [2.45, 2.75) is 13.3 Å². The molecule has 0 amide bonds. The van der Waals surface area contributed by atoms with Crippen molar-refractivity contribution >= 4 is 11.5 Å². The van der Waals surface area contributed by atoms with E-state index in [9.17, 15) is 0 Å². The van der Waals surface area contributed by atoms with Crippen LogP contribution in [0.15, 0.2) is 12.1 Å². The summed E-state index contributed by atoms with van der Waals surface area (Å²) in [6, 6.07) is 3.85. The van der Waals surface area contributed by atoms with Crippen LogP contribution in [0.4, 0.5) is 5.82 Å². The van der Waals surface area contributed by atoms with Gasteiger partial charge >= 0.3 is 0 Å². The number of hydrogen-bond acceptors (Lipinski definition) is 6. The number of fused-ring (bicyclic) bond motifs is 1. The van der Waals surface area contributed by atoms with Gasteiger partial charge in [0.2, 0.25) is 0 Å². The Kier molecular flexibility index (Phi) is 3.06. The smallest absolute Gasteiger partial charge is 0.200 e. The van der Waals surface area contributed by atoms with Crippen LogP contribution in [0, 0.1) is 5.92 Å². The van der Waals surface area contributed by atoms with Gasteiger partial charge in [-0.25, -0.2) is 0 Å². The lowest BCUT2D eigenvalue weighted by Crippen LogP contribution is -2.23. The zero-order chi connectivity index (χ0) is 12.4. The maximum Gasteiger partial charge on any atom is 0.200 e. The minimum absolute atomic E-state index is 0.594. The van der Waals surface area contributed by atoms with Crippen molar-refractivity contribution in [1.29, 1.82) is 0 Å². The second-order valence-corrected chi connectivity index (χ2v) is 4.48. The van der Waals surface area contributed by atoms with Gasteiger partial charge in [-0.15, -0.1) is 14.8 Å². The fraction of sp³-hybridized carbons (Fsp3) is 0.636. The first-order chi connectivity index (χ1) is 8.86. The van der Waals surface area contributed by atoms with Crippen molar-refractivity contribution in [3.05, 3.63) is 12.1 Å². The Labute approximate surface area is 105 Å². The molecule has 7 nitrogen and oxygen atoms in total. The van der Waals surface area contributed by atoms with E-state index in [2.05, 4.69) is 25.5 Å². The summed E-state index contributed by atoms with van der Waals surface area (Å²) in [6.07, 6.45) is 1.15. The van der Waals surface area contributed by atoms with E-state index in [1.54, 1.807) is 0 Å². The molecule has 0 aliphatic carbocycles. The van der Waals surface area contributed by atoms with E-state index < -0.39 is 0 Å². The standard InChI is InChI=1S/C11H16N6O/c1-2-18-8-9-5-6-16(7-9)11-4-3-10-12-14-15-17(10)13-11/h3-4,9H,2,5-8H2,1H3. The van der Waals surface area contributed by atoms with Crippen molar-refractivity contribution in [3.63, 3.8) is 0 Å². The Bertz CT molecular complexity index is 527. The summed E-state index contributed by atoms with van der Waals surface area (Å²) in [5, 5.41) is 15.6. The molecule has 0 bridgehead atoms. The summed E-state index contributed by atoms with van der Waals surface area (Å²) in [5.41, 5.74) is 0.670. The third-order valence-corrected chi connectivity index (χ3v) is 3.22. The summed E-state index contributed by atoms with van der Waals surface area (Å²) < 4.78 is 6.94. The minimum Gasteiger partial charge on any atom is -0.381 e. The highest BCUT2D eigenvalue weighted by Gasteiger charge is 2.23. The summed E-state index contributed by atoms with van der Waals surface area (Å²) in [4.78, 5) is 2.25. The quantitative estimate of drug-likeness (QED) is 0.779. The highest BCUT2D eigenvalue weighted by molar-refractivity contribution is 5.44. The van der Waals surface area contributed by atoms with E-state index in [1.807, 2.05) is 19.1 Å². The highest BCUT2D eigenvalue weighted by Crippen LogP contribution is 2.22. The predicted molar refractivity (Wildman–Crippen MR) is 65.4 cm³/mol. The molecular formula is C11H16N6O. The van der Waals surface area contributed by atoms with Crippen LogP contribution in [-0.4, -0.2) is 51.6 Å². The van der Waals surface area contributed by atoms with Gasteiger partial charge in [-0.2, -0.15) is 0 Å². The normalized spacial score (nSPS) is 19.8. The number of anilines is 1. The molecule has 3 heterocycles. The van der Waals surface area contributed by atoms with Crippen LogP contribution < -0.4 is 4.90 Å². The summed E-state index contributed by atoms with van der Waals surface area (Å²) in [5.74, 6) is 1.52. The number of tetrazole rings is 1. The molecule has 96 valence electrons. The van der Waals surface area contributed by atoms with Gasteiger partial charge in [0.1, 0.15) is 0 Å². The van der Waals surface area contributed by atoms with Crippen molar-refractivity contribution in [3.8, 4) is 0 Å². The third kappa shape index (κ3) is 2.13. The van der Waals surface area contributed by atoms with Gasteiger partial charge in [-0.3, -0.25) is 0 Å². The van der Waals surface area contributed by atoms with Gasteiger partial charge in [0.05, 0.1) is 6.61 Å². The molecule has 1 aliphatic rings. The zero-order valence-electron chi connectivity index (χ0n) is 10.4. The van der Waals surface area contributed by atoms with E-state index in [0.29, 0.717) is 11.6 Å². The monoisotopic (exact) mass is 248 g/mol. The lowest BCUT2D eigenvalue weighted by Gasteiger charge is -2.16. The Balaban J connectivity index is 1.71. The summed E-state index contributed by atoms with van der Waals surface area (Å²) in [6.45, 7) is 5.64. The molecule has 1 fully saturated rings. The molecule has 1 saturated heterocycles. The van der Waals surface area contributed by atoms with Gasteiger partial charge in [-0.05, 0) is 35.9 Å². The van der Waals surface area contributed by atoms with Crippen molar-refractivity contribution < 1.29 is 4.74 Å². The fourth-order valence-electron chi connectivity index (χ4n) is 2.27. The maximum absolute atomic E-state index is 5.47. The van der Waals surface area contributed by atoms with Gasteiger partial charge in [0.15, 0.2) is 11.5 Å². The average molecular weight is 248 g/mol. The molecule has 18 heavy (non-hydrogen) atoms. The fourth-order valence-corrected chi connectivity index (χ4v) is 2.27. The SMILES string of the molecule is CCOCC1CCN(c2ccc3nnnn3n2)C1. The first-order valence-corrected chi connectivity index (χ1v) is 6.25. The van der Waals surface area contributed by atoms with E-state index >= 15 is 0 Å². The van der Waals surface area contributed by atoms with Gasteiger partial charge in [0, 0.05) is 25.6 Å². The second-order valence-electron chi connectivity index (χ2n) is 4.48. The third-order valence-electron chi connectivity index (χ3n) is 3.22.